The van der Waals surface area contributed by atoms with E-state index < -0.39 is 146 Å². The van der Waals surface area contributed by atoms with Gasteiger partial charge in [0, 0.05) is 74.2 Å². The molecular weight excluding hydrogens is 998 g/mol. The predicted octanol–water partition coefficient (Wildman–Crippen LogP) is 17.0. The van der Waals surface area contributed by atoms with Crippen LogP contribution >= 0.6 is 0 Å². The van der Waals surface area contributed by atoms with Crippen molar-refractivity contribution in [1.82, 2.24) is 14.5 Å². The number of imidazole rings is 1. The molecule has 2 heterocycles. The first kappa shape index (κ1) is 23.6. The SMILES string of the molecule is [2H]c1c([2H])c(C([2H])([2H])[2H])c([2H])c([2H])c1-c1ccnc(-c2[c-]c(-c3cccc4c3nc(-c3cc(C(C([2H])([2H])[2H])(C([2H])([2H])[2H])C([2H])([2H])[2H])cc(C(C([2H])([2H])[2H])(C([2H])([2H])[2H])C([2H])([2H])[2H])c3O)n4-c3ccc(-c4cc(C([2H])(C)C)cc(C([2H])(C)C)c4)cc3C([2H])([2H])[2H])cc(C(C)(C)C)c2)c1.[Pt]. The van der Waals surface area contributed by atoms with Crippen LogP contribution in [0.2, 0.25) is 0 Å². The van der Waals surface area contributed by atoms with Crippen molar-refractivity contribution in [2.24, 2.45) is 0 Å². The Labute approximate surface area is 457 Å². The molecule has 6 aromatic carbocycles. The number of hydrogen-bond donors (Lipinski definition) is 1. The van der Waals surface area contributed by atoms with Gasteiger partial charge in [-0.25, -0.2) is 4.98 Å². The molecule has 0 spiro atoms. The van der Waals surface area contributed by atoms with E-state index in [1.807, 2.05) is 20.8 Å². The van der Waals surface area contributed by atoms with Gasteiger partial charge in [-0.3, -0.25) is 9.55 Å². The molecule has 0 saturated carbocycles. The number of para-hydroxylation sites is 1. The number of aromatic nitrogens is 3. The molecule has 0 aliphatic carbocycles. The van der Waals surface area contributed by atoms with E-state index in [2.05, 4.69) is 11.1 Å². The van der Waals surface area contributed by atoms with Crippen LogP contribution < -0.4 is 0 Å². The van der Waals surface area contributed by atoms with E-state index in [0.717, 1.165) is 4.57 Å². The monoisotopic (exact) mass is 1100 g/mol. The van der Waals surface area contributed by atoms with E-state index in [0.29, 0.717) is 28.3 Å². The van der Waals surface area contributed by atoms with Crippen LogP contribution in [-0.2, 0) is 37.3 Å². The maximum absolute atomic E-state index is 13.1. The summed E-state index contributed by atoms with van der Waals surface area (Å²) in [6.45, 7) is -19.7. The topological polar surface area (TPSA) is 50.9 Å². The van der Waals surface area contributed by atoms with E-state index in [9.17, 15) is 9.22 Å². The van der Waals surface area contributed by atoms with Crippen LogP contribution in [0.5, 0.6) is 5.75 Å². The first-order valence-corrected chi connectivity index (χ1v) is 21.0. The van der Waals surface area contributed by atoms with Crippen molar-refractivity contribution in [3.05, 3.63) is 166 Å². The number of hydrogen-bond acceptors (Lipinski definition) is 3. The molecule has 0 radical (unpaired) electrons. The third kappa shape index (κ3) is 10.0. The molecule has 8 aromatic rings. The molecule has 2 aromatic heterocycles. The van der Waals surface area contributed by atoms with Crippen molar-refractivity contribution in [2.45, 2.75) is 131 Å². The van der Waals surface area contributed by atoms with Gasteiger partial charge in [-0.05, 0) is 117 Å². The summed E-state index contributed by atoms with van der Waals surface area (Å²) in [5, 5.41) is 13.1. The van der Waals surface area contributed by atoms with Gasteiger partial charge in [0.25, 0.3) is 0 Å². The predicted molar refractivity (Wildman–Crippen MR) is 280 cm³/mol. The molecule has 4 nitrogen and oxygen atoms in total. The van der Waals surface area contributed by atoms with E-state index in [-0.39, 0.29) is 82.9 Å². The number of rotatable bonds is 8. The largest absolute Gasteiger partial charge is 0.507 e. The van der Waals surface area contributed by atoms with Crippen molar-refractivity contribution in [1.29, 1.82) is 0 Å². The Kier molecular flexibility index (Phi) is 6.52. The van der Waals surface area contributed by atoms with Crippen LogP contribution in [0.25, 0.3) is 72.7 Å². The molecule has 348 valence electrons. The minimum Gasteiger partial charge on any atom is -0.507 e. The maximum Gasteiger partial charge on any atom is 0.148 e. The third-order valence-electron chi connectivity index (χ3n) is 11.5. The fraction of sp³-hybridized carbons (Fsp3) is 0.323. The Morgan fingerprint density at radius 3 is 1.97 bits per heavy atom. The van der Waals surface area contributed by atoms with E-state index >= 15 is 0 Å². The number of fused-ring (bicyclic) bond motifs is 1. The van der Waals surface area contributed by atoms with Crippen LogP contribution in [0.4, 0.5) is 0 Å². The van der Waals surface area contributed by atoms with Crippen LogP contribution in [0.15, 0.2) is 121 Å². The maximum atomic E-state index is 13.1. The fourth-order valence-corrected chi connectivity index (χ4v) is 7.81. The zero-order chi connectivity index (χ0) is 72.9. The van der Waals surface area contributed by atoms with Crippen LogP contribution in [0, 0.1) is 19.8 Å². The van der Waals surface area contributed by atoms with Gasteiger partial charge in [-0.15, -0.1) is 29.3 Å². The van der Waals surface area contributed by atoms with Crippen molar-refractivity contribution >= 4 is 11.0 Å². The molecule has 0 bridgehead atoms. The molecule has 0 saturated heterocycles. The molecule has 0 fully saturated rings. The van der Waals surface area contributed by atoms with Gasteiger partial charge < -0.3 is 5.11 Å². The van der Waals surface area contributed by atoms with Gasteiger partial charge in [0.05, 0.1) is 27.8 Å². The molecule has 5 heteroatoms. The summed E-state index contributed by atoms with van der Waals surface area (Å²) in [5.41, 5.74) is -13.1. The minimum absolute atomic E-state index is 0. The second-order valence-electron chi connectivity index (χ2n) is 18.0. The average molecular weight is 1100 g/mol. The Hall–Kier alpha value is -5.57. The molecule has 0 aliphatic rings. The Morgan fingerprint density at radius 2 is 1.33 bits per heavy atom. The molecular formula is C62H68N3OPt-. The van der Waals surface area contributed by atoms with Crippen molar-refractivity contribution < 1.29 is 67.3 Å². The molecule has 1 N–H and O–H groups in total. The number of aromatic hydroxyl groups is 1. The number of aryl methyl sites for hydroxylation is 1. The number of phenolic OH excluding ortho intramolecular Hbond substituents is 1. The van der Waals surface area contributed by atoms with Crippen LogP contribution in [0.1, 0.15) is 181 Å². The standard InChI is InChI=1S/C62H68N3O.Pt/c1-37(2)44-28-45(38(3)4)30-46(29-44)42-23-24-55(40(6)27-42)65-56-18-16-17-51(57(56)64-59(65)52-35-50(61(10,11)12)36-53(58(52)66)62(13,14)15)47-31-48(33-49(32-47)60(7,8)9)54-34-43(25-26-63-54)41-21-19-39(5)20-22-41;/h16-30,32-38,66H,1-15H3;/q-1;/i5D3,6D3,10D3,11D3,12D3,13D3,14D3,15D3,19D,20D,21D,22D,37D,38D;. The Balaban J connectivity index is 0.0000133. The first-order chi connectivity index (χ1) is 43.2. The van der Waals surface area contributed by atoms with E-state index in [4.69, 9.17) is 42.0 Å². The van der Waals surface area contributed by atoms with Gasteiger partial charge in [0.15, 0.2) is 0 Å². The number of benzene rings is 6. The molecule has 67 heavy (non-hydrogen) atoms. The zero-order valence-electron chi connectivity index (χ0n) is 67.8. The Bertz CT molecular complexity index is 4230. The number of pyridine rings is 1. The minimum atomic E-state index is -4.34. The molecule has 0 amide bonds. The molecule has 0 aliphatic heterocycles. The van der Waals surface area contributed by atoms with Crippen LogP contribution in [-0.4, -0.2) is 19.6 Å². The average Bonchev–Trinajstić information content (AvgIpc) is 1.21. The van der Waals surface area contributed by atoms with E-state index in [1.54, 1.807) is 58.0 Å². The Morgan fingerprint density at radius 1 is 0.657 bits per heavy atom. The molecule has 0 atom stereocenters. The van der Waals surface area contributed by atoms with Gasteiger partial charge in [0.1, 0.15) is 11.6 Å². The van der Waals surface area contributed by atoms with Gasteiger partial charge in [-0.2, -0.15) is 0 Å². The molecule has 8 rings (SSSR count). The first-order valence-electron chi connectivity index (χ1n) is 36.0. The number of nitrogens with zero attached hydrogens (tertiary/aromatic N) is 3. The second kappa shape index (κ2) is 18.5. The summed E-state index contributed by atoms with van der Waals surface area (Å²) in [5.74, 6) is -4.92. The second-order valence-corrected chi connectivity index (χ2v) is 18.0. The third-order valence-corrected chi connectivity index (χ3v) is 11.5. The van der Waals surface area contributed by atoms with Gasteiger partial charge >= 0.3 is 0 Å². The quantitative estimate of drug-likeness (QED) is 0.154. The van der Waals surface area contributed by atoms with Crippen molar-refractivity contribution in [3.63, 3.8) is 0 Å². The smallest absolute Gasteiger partial charge is 0.148 e. The fourth-order valence-electron chi connectivity index (χ4n) is 7.81. The van der Waals surface area contributed by atoms with Crippen molar-refractivity contribution in [3.8, 4) is 67.5 Å². The zero-order valence-corrected chi connectivity index (χ0v) is 40.1. The summed E-state index contributed by atoms with van der Waals surface area (Å²) in [7, 11) is 0. The summed E-state index contributed by atoms with van der Waals surface area (Å²) in [4.78, 5) is 9.57. The molecule has 0 unspecified atom stereocenters. The summed E-state index contributed by atoms with van der Waals surface area (Å²) in [6.07, 6.45) is 1.31. The summed E-state index contributed by atoms with van der Waals surface area (Å²) < 4.78 is 264. The number of phenols is 1. The van der Waals surface area contributed by atoms with Gasteiger partial charge in [-0.1, -0.05) is 179 Å². The normalized spacial score (nSPS) is 20.7. The van der Waals surface area contributed by atoms with Gasteiger partial charge in [0.2, 0.25) is 0 Å². The van der Waals surface area contributed by atoms with Crippen LogP contribution in [0.3, 0.4) is 0 Å². The summed E-state index contributed by atoms with van der Waals surface area (Å²) in [6, 6.07) is 20.6. The summed E-state index contributed by atoms with van der Waals surface area (Å²) >= 11 is 0. The van der Waals surface area contributed by atoms with E-state index in [1.165, 1.54) is 54.7 Å². The van der Waals surface area contributed by atoms with Crippen molar-refractivity contribution in [2.75, 3.05) is 0 Å².